The van der Waals surface area contributed by atoms with Crippen molar-refractivity contribution in [2.24, 2.45) is 0 Å². The van der Waals surface area contributed by atoms with E-state index in [9.17, 15) is 27.5 Å². The molecule has 0 spiro atoms. The van der Waals surface area contributed by atoms with Crippen LogP contribution in [0.1, 0.15) is 26.3 Å². The molecule has 9 nitrogen and oxygen atoms in total. The van der Waals surface area contributed by atoms with E-state index >= 15 is 0 Å². The van der Waals surface area contributed by atoms with Gasteiger partial charge in [0.25, 0.3) is 10.0 Å². The minimum absolute atomic E-state index is 0.184. The number of hydrogen-bond acceptors (Lipinski definition) is 7. The van der Waals surface area contributed by atoms with Crippen molar-refractivity contribution in [1.29, 1.82) is 0 Å². The fourth-order valence-electron chi connectivity index (χ4n) is 3.28. The predicted molar refractivity (Wildman–Crippen MR) is 114 cm³/mol. The average molecular weight is 468 g/mol. The van der Waals surface area contributed by atoms with Crippen molar-refractivity contribution in [2.75, 3.05) is 26.2 Å². The molecule has 0 bridgehead atoms. The van der Waals surface area contributed by atoms with Gasteiger partial charge in [0.2, 0.25) is 0 Å². The molecule has 0 aliphatic carbocycles. The Balaban J connectivity index is 1.73. The summed E-state index contributed by atoms with van der Waals surface area (Å²) in [4.78, 5) is 27.6. The first kappa shape index (κ1) is 23.7. The molecule has 1 aromatic carbocycles. The van der Waals surface area contributed by atoms with Gasteiger partial charge in [0.15, 0.2) is 5.75 Å². The first-order valence-corrected chi connectivity index (χ1v) is 11.5. The molecule has 1 aliphatic rings. The molecule has 1 N–H and O–H groups in total. The number of halogens is 1. The van der Waals surface area contributed by atoms with Crippen molar-refractivity contribution in [3.05, 3.63) is 58.3 Å². The summed E-state index contributed by atoms with van der Waals surface area (Å²) in [6.45, 7) is 7.34. The zero-order valence-corrected chi connectivity index (χ0v) is 18.9. The molecule has 1 saturated heterocycles. The number of carbonyl (C=O) groups excluding carboxylic acids is 1. The molecule has 0 radical (unpaired) electrons. The number of aromatic nitrogens is 1. The van der Waals surface area contributed by atoms with Crippen LogP contribution in [0, 0.1) is 5.82 Å². The van der Waals surface area contributed by atoms with E-state index < -0.39 is 43.7 Å². The third kappa shape index (κ3) is 5.10. The number of nitrogens with zero attached hydrogens (tertiary/aromatic N) is 3. The predicted octanol–water partition coefficient (Wildman–Crippen LogP) is 1.98. The Morgan fingerprint density at radius 3 is 2.34 bits per heavy atom. The molecule has 0 unspecified atom stereocenters. The molecular weight excluding hydrogens is 441 g/mol. The van der Waals surface area contributed by atoms with Crippen molar-refractivity contribution in [3.63, 3.8) is 0 Å². The van der Waals surface area contributed by atoms with Crippen molar-refractivity contribution < 1.29 is 27.4 Å². The smallest absolute Gasteiger partial charge is 0.410 e. The first-order valence-electron chi connectivity index (χ1n) is 10.0. The lowest BCUT2D eigenvalue weighted by Gasteiger charge is -2.35. The SMILES string of the molecule is CC(C)(C)OC(=O)N1CCN(Cc2ccn(S(=O)(=O)c3ccccc3F)c(=O)c2O)CC1. The van der Waals surface area contributed by atoms with Crippen LogP contribution >= 0.6 is 0 Å². The molecule has 174 valence electrons. The van der Waals surface area contributed by atoms with Gasteiger partial charge in [-0.05, 0) is 39.0 Å². The Hall–Kier alpha value is -2.92. The van der Waals surface area contributed by atoms with Gasteiger partial charge >= 0.3 is 11.7 Å². The second-order valence-electron chi connectivity index (χ2n) is 8.47. The molecule has 32 heavy (non-hydrogen) atoms. The highest BCUT2D eigenvalue weighted by atomic mass is 32.2. The lowest BCUT2D eigenvalue weighted by molar-refractivity contribution is 0.0138. The Morgan fingerprint density at radius 2 is 1.75 bits per heavy atom. The van der Waals surface area contributed by atoms with Crippen molar-refractivity contribution >= 4 is 16.1 Å². The van der Waals surface area contributed by atoms with E-state index in [0.717, 1.165) is 18.3 Å². The quantitative estimate of drug-likeness (QED) is 0.732. The number of benzene rings is 1. The third-order valence-electron chi connectivity index (χ3n) is 4.91. The van der Waals surface area contributed by atoms with Crippen LogP contribution in [0.3, 0.4) is 0 Å². The number of aromatic hydroxyl groups is 1. The zero-order chi connectivity index (χ0) is 23.7. The van der Waals surface area contributed by atoms with Gasteiger partial charge in [-0.2, -0.15) is 0 Å². The summed E-state index contributed by atoms with van der Waals surface area (Å²) < 4.78 is 45.0. The van der Waals surface area contributed by atoms with Crippen LogP contribution in [-0.4, -0.2) is 65.2 Å². The second-order valence-corrected chi connectivity index (χ2v) is 10.3. The van der Waals surface area contributed by atoms with Crippen LogP contribution < -0.4 is 5.56 Å². The van der Waals surface area contributed by atoms with Crippen LogP contribution in [0.15, 0.2) is 46.2 Å². The number of pyridine rings is 1. The fourth-order valence-corrected chi connectivity index (χ4v) is 4.58. The summed E-state index contributed by atoms with van der Waals surface area (Å²) in [5, 5.41) is 10.4. The van der Waals surface area contributed by atoms with E-state index in [1.165, 1.54) is 18.2 Å². The highest BCUT2D eigenvalue weighted by Gasteiger charge is 2.28. The number of rotatable bonds is 4. The summed E-state index contributed by atoms with van der Waals surface area (Å²) >= 11 is 0. The number of carbonyl (C=O) groups is 1. The monoisotopic (exact) mass is 467 g/mol. The lowest BCUT2D eigenvalue weighted by atomic mass is 10.2. The topological polar surface area (TPSA) is 109 Å². The van der Waals surface area contributed by atoms with Crippen LogP contribution in [-0.2, 0) is 21.3 Å². The molecule has 1 aliphatic heterocycles. The number of hydrogen-bond donors (Lipinski definition) is 1. The minimum Gasteiger partial charge on any atom is -0.503 e. The van der Waals surface area contributed by atoms with Gasteiger partial charge < -0.3 is 14.7 Å². The van der Waals surface area contributed by atoms with E-state index in [1.54, 1.807) is 25.7 Å². The number of piperazine rings is 1. The maximum Gasteiger partial charge on any atom is 0.410 e. The molecule has 1 aromatic heterocycles. The second kappa shape index (κ2) is 8.91. The number of amides is 1. The van der Waals surface area contributed by atoms with Gasteiger partial charge in [0.1, 0.15) is 16.3 Å². The van der Waals surface area contributed by atoms with Gasteiger partial charge in [-0.1, -0.05) is 12.1 Å². The van der Waals surface area contributed by atoms with Crippen LogP contribution in [0.25, 0.3) is 0 Å². The molecule has 1 amide bonds. The Bertz CT molecular complexity index is 1160. The average Bonchev–Trinajstić information content (AvgIpc) is 2.71. The summed E-state index contributed by atoms with van der Waals surface area (Å²) in [5.41, 5.74) is -1.51. The minimum atomic E-state index is -4.51. The van der Waals surface area contributed by atoms with Crippen LogP contribution in [0.4, 0.5) is 9.18 Å². The molecule has 2 aromatic rings. The fraction of sp³-hybridized carbons (Fsp3) is 0.429. The lowest BCUT2D eigenvalue weighted by Crippen LogP contribution is -2.49. The van der Waals surface area contributed by atoms with Gasteiger partial charge in [0, 0.05) is 44.5 Å². The first-order chi connectivity index (χ1) is 14.9. The molecule has 1 fully saturated rings. The van der Waals surface area contributed by atoms with Gasteiger partial charge in [-0.25, -0.2) is 21.6 Å². The van der Waals surface area contributed by atoms with Gasteiger partial charge in [0.05, 0.1) is 0 Å². The highest BCUT2D eigenvalue weighted by Crippen LogP contribution is 2.20. The van der Waals surface area contributed by atoms with Crippen LogP contribution in [0.2, 0.25) is 0 Å². The standard InChI is InChI=1S/C21H26FN3O6S/c1-21(2,3)31-20(28)24-12-10-23(11-13-24)14-15-8-9-25(19(27)18(15)26)32(29,30)17-7-5-4-6-16(17)22/h4-9,26H,10-14H2,1-3H3. The zero-order valence-electron chi connectivity index (χ0n) is 18.1. The van der Waals surface area contributed by atoms with E-state index in [-0.39, 0.29) is 12.1 Å². The van der Waals surface area contributed by atoms with Crippen LogP contribution in [0.5, 0.6) is 5.75 Å². The molecule has 11 heteroatoms. The maximum atomic E-state index is 14.0. The van der Waals surface area contributed by atoms with E-state index in [1.807, 2.05) is 4.90 Å². The van der Waals surface area contributed by atoms with Crippen molar-refractivity contribution in [2.45, 2.75) is 37.8 Å². The molecular formula is C21H26FN3O6S. The maximum absolute atomic E-state index is 14.0. The third-order valence-corrected chi connectivity index (χ3v) is 6.60. The Morgan fingerprint density at radius 1 is 1.12 bits per heavy atom. The summed E-state index contributed by atoms with van der Waals surface area (Å²) in [7, 11) is -4.51. The van der Waals surface area contributed by atoms with Gasteiger partial charge in [-0.3, -0.25) is 9.69 Å². The van der Waals surface area contributed by atoms with Crippen molar-refractivity contribution in [3.8, 4) is 5.75 Å². The largest absolute Gasteiger partial charge is 0.503 e. The summed E-state index contributed by atoms with van der Waals surface area (Å²) in [6.07, 6.45) is 0.608. The summed E-state index contributed by atoms with van der Waals surface area (Å²) in [6, 6.07) is 6.01. The molecule has 3 rings (SSSR count). The summed E-state index contributed by atoms with van der Waals surface area (Å²) in [5.74, 6) is -1.71. The normalized spacial score (nSPS) is 15.6. The molecule has 0 atom stereocenters. The van der Waals surface area contributed by atoms with Gasteiger partial charge in [-0.15, -0.1) is 0 Å². The Kier molecular flexibility index (Phi) is 6.61. The molecule has 2 heterocycles. The Labute approximate surface area is 185 Å². The van der Waals surface area contributed by atoms with E-state index in [2.05, 4.69) is 0 Å². The number of ether oxygens (including phenoxy) is 1. The highest BCUT2D eigenvalue weighted by molar-refractivity contribution is 7.90. The van der Waals surface area contributed by atoms with E-state index in [0.29, 0.717) is 30.2 Å². The van der Waals surface area contributed by atoms with E-state index in [4.69, 9.17) is 4.74 Å². The molecule has 0 saturated carbocycles. The van der Waals surface area contributed by atoms with Crippen molar-refractivity contribution in [1.82, 2.24) is 13.8 Å².